The van der Waals surface area contributed by atoms with Gasteiger partial charge in [-0.3, -0.25) is 4.79 Å². The van der Waals surface area contributed by atoms with E-state index in [1.165, 1.54) is 43.7 Å². The summed E-state index contributed by atoms with van der Waals surface area (Å²) in [5.41, 5.74) is 6.42. The van der Waals surface area contributed by atoms with E-state index in [-0.39, 0.29) is 30.7 Å². The Morgan fingerprint density at radius 1 is 1.17 bits per heavy atom. The normalized spacial score (nSPS) is 19.7. The molecule has 1 amide bonds. The summed E-state index contributed by atoms with van der Waals surface area (Å²) in [7, 11) is 0. The lowest BCUT2D eigenvalue weighted by molar-refractivity contribution is -0.132. The van der Waals surface area contributed by atoms with Crippen LogP contribution in [0.5, 0.6) is 0 Å². The summed E-state index contributed by atoms with van der Waals surface area (Å²) in [6.07, 6.45) is 6.68. The molecule has 5 nitrogen and oxygen atoms in total. The molecule has 2 fully saturated rings. The monoisotopic (exact) mass is 380 g/mol. The van der Waals surface area contributed by atoms with Gasteiger partial charge in [-0.1, -0.05) is 6.42 Å². The highest BCUT2D eigenvalue weighted by Gasteiger charge is 2.27. The van der Waals surface area contributed by atoms with E-state index in [0.29, 0.717) is 17.6 Å². The summed E-state index contributed by atoms with van der Waals surface area (Å²) >= 11 is 1.40. The minimum absolute atomic E-state index is 0. The second-order valence-corrected chi connectivity index (χ2v) is 6.95. The number of halogens is 2. The van der Waals surface area contributed by atoms with Gasteiger partial charge in [0.2, 0.25) is 5.91 Å². The molecule has 0 bridgehead atoms. The number of hydrogen-bond acceptors (Lipinski definition) is 5. The Morgan fingerprint density at radius 2 is 1.83 bits per heavy atom. The van der Waals surface area contributed by atoms with Crippen molar-refractivity contribution in [3.8, 4) is 0 Å². The standard InChI is InChI=1S/C15H24N4OS.2ClH/c16-15-17-12(11-21-15)10-14(20)19-8-4-13(5-9-19)18-6-2-1-3-7-18;;/h11,13H,1-10H2,(H2,16,17);2*1H. The highest BCUT2D eigenvalue weighted by atomic mass is 35.5. The van der Waals surface area contributed by atoms with E-state index >= 15 is 0 Å². The molecule has 132 valence electrons. The first-order chi connectivity index (χ1) is 10.2. The number of anilines is 1. The number of rotatable bonds is 3. The van der Waals surface area contributed by atoms with Crippen LogP contribution in [-0.4, -0.2) is 52.9 Å². The fourth-order valence-electron chi connectivity index (χ4n) is 3.43. The predicted octanol–water partition coefficient (Wildman–Crippen LogP) is 2.59. The Bertz CT molecular complexity index is 486. The summed E-state index contributed by atoms with van der Waals surface area (Å²) in [6, 6.07) is 0.685. The smallest absolute Gasteiger partial charge is 0.228 e. The Kier molecular flexibility index (Phi) is 8.61. The number of carbonyl (C=O) groups is 1. The van der Waals surface area contributed by atoms with Crippen molar-refractivity contribution < 1.29 is 4.79 Å². The molecule has 2 N–H and O–H groups in total. The summed E-state index contributed by atoms with van der Waals surface area (Å²) in [4.78, 5) is 21.1. The molecular formula is C15H26Cl2N4OS. The Labute approximate surface area is 154 Å². The molecule has 0 atom stereocenters. The number of piperidine rings is 2. The van der Waals surface area contributed by atoms with E-state index in [1.807, 2.05) is 10.3 Å². The second-order valence-electron chi connectivity index (χ2n) is 6.06. The van der Waals surface area contributed by atoms with Crippen molar-refractivity contribution in [1.82, 2.24) is 14.8 Å². The lowest BCUT2D eigenvalue weighted by Crippen LogP contribution is -2.48. The van der Waals surface area contributed by atoms with Gasteiger partial charge < -0.3 is 15.5 Å². The van der Waals surface area contributed by atoms with Crippen molar-refractivity contribution in [2.75, 3.05) is 31.9 Å². The topological polar surface area (TPSA) is 62.5 Å². The first-order valence-electron chi connectivity index (χ1n) is 7.94. The molecule has 2 aliphatic rings. The number of carbonyl (C=O) groups excluding carboxylic acids is 1. The van der Waals surface area contributed by atoms with Crippen molar-refractivity contribution in [2.24, 2.45) is 0 Å². The SMILES string of the molecule is Cl.Cl.Nc1nc(CC(=O)N2CCC(N3CCCCC3)CC2)cs1. The lowest BCUT2D eigenvalue weighted by atomic mass is 9.99. The minimum atomic E-state index is 0. The van der Waals surface area contributed by atoms with Crippen molar-refractivity contribution in [3.63, 3.8) is 0 Å². The average Bonchev–Trinajstić information content (AvgIpc) is 2.93. The molecule has 3 rings (SSSR count). The van der Waals surface area contributed by atoms with Gasteiger partial charge in [-0.15, -0.1) is 36.2 Å². The molecule has 1 aromatic rings. The molecule has 0 spiro atoms. The molecule has 0 radical (unpaired) electrons. The number of hydrogen-bond donors (Lipinski definition) is 1. The van der Waals surface area contributed by atoms with Gasteiger partial charge in [-0.25, -0.2) is 4.98 Å². The summed E-state index contributed by atoms with van der Waals surface area (Å²) in [5, 5.41) is 2.43. The van der Waals surface area contributed by atoms with E-state index in [1.54, 1.807) is 0 Å². The largest absolute Gasteiger partial charge is 0.375 e. The molecule has 0 unspecified atom stereocenters. The van der Waals surface area contributed by atoms with Crippen LogP contribution in [0.3, 0.4) is 0 Å². The van der Waals surface area contributed by atoms with E-state index in [4.69, 9.17) is 5.73 Å². The predicted molar refractivity (Wildman–Crippen MR) is 99.8 cm³/mol. The number of likely N-dealkylation sites (tertiary alicyclic amines) is 2. The van der Waals surface area contributed by atoms with Crippen LogP contribution in [0.25, 0.3) is 0 Å². The van der Waals surface area contributed by atoms with E-state index in [0.717, 1.165) is 31.6 Å². The third-order valence-corrected chi connectivity index (χ3v) is 5.35. The van der Waals surface area contributed by atoms with Gasteiger partial charge in [0.15, 0.2) is 5.13 Å². The van der Waals surface area contributed by atoms with Crippen LogP contribution in [0, 0.1) is 0 Å². The molecule has 0 aliphatic carbocycles. The van der Waals surface area contributed by atoms with Crippen LogP contribution in [0.1, 0.15) is 37.8 Å². The third-order valence-electron chi connectivity index (χ3n) is 4.63. The first kappa shape index (κ1) is 20.5. The Hall–Kier alpha value is -0.560. The van der Waals surface area contributed by atoms with Crippen LogP contribution < -0.4 is 5.73 Å². The third kappa shape index (κ3) is 5.48. The molecule has 1 aromatic heterocycles. The van der Waals surface area contributed by atoms with Crippen LogP contribution in [0.15, 0.2) is 5.38 Å². The fourth-order valence-corrected chi connectivity index (χ4v) is 4.00. The summed E-state index contributed by atoms with van der Waals surface area (Å²) in [5.74, 6) is 0.192. The van der Waals surface area contributed by atoms with Crippen molar-refractivity contribution in [3.05, 3.63) is 11.1 Å². The van der Waals surface area contributed by atoms with Gasteiger partial charge >= 0.3 is 0 Å². The van der Waals surface area contributed by atoms with E-state index in [9.17, 15) is 4.79 Å². The van der Waals surface area contributed by atoms with Gasteiger partial charge in [0.05, 0.1) is 12.1 Å². The number of nitrogen functional groups attached to an aromatic ring is 1. The van der Waals surface area contributed by atoms with Crippen LogP contribution >= 0.6 is 36.2 Å². The second kappa shape index (κ2) is 9.67. The number of amides is 1. The van der Waals surface area contributed by atoms with Crippen LogP contribution in [0.4, 0.5) is 5.13 Å². The molecule has 2 saturated heterocycles. The van der Waals surface area contributed by atoms with Gasteiger partial charge in [0.1, 0.15) is 0 Å². The van der Waals surface area contributed by atoms with Gasteiger partial charge in [-0.2, -0.15) is 0 Å². The lowest BCUT2D eigenvalue weighted by Gasteiger charge is -2.40. The molecule has 23 heavy (non-hydrogen) atoms. The first-order valence-corrected chi connectivity index (χ1v) is 8.82. The molecule has 2 aliphatic heterocycles. The van der Waals surface area contributed by atoms with Gasteiger partial charge in [0, 0.05) is 24.5 Å². The van der Waals surface area contributed by atoms with Gasteiger partial charge in [-0.05, 0) is 38.8 Å². The zero-order valence-corrected chi connectivity index (χ0v) is 15.7. The number of nitrogens with zero attached hydrogens (tertiary/aromatic N) is 3. The van der Waals surface area contributed by atoms with Crippen molar-refractivity contribution in [2.45, 2.75) is 44.6 Å². The Morgan fingerprint density at radius 3 is 2.39 bits per heavy atom. The highest BCUT2D eigenvalue weighted by Crippen LogP contribution is 2.21. The fraction of sp³-hybridized carbons (Fsp3) is 0.733. The molecule has 0 aromatic carbocycles. The maximum Gasteiger partial charge on any atom is 0.228 e. The minimum Gasteiger partial charge on any atom is -0.375 e. The maximum atomic E-state index is 12.3. The zero-order valence-electron chi connectivity index (χ0n) is 13.3. The molecule has 8 heteroatoms. The molecule has 3 heterocycles. The average molecular weight is 381 g/mol. The zero-order chi connectivity index (χ0) is 14.7. The number of nitrogens with two attached hydrogens (primary N) is 1. The quantitative estimate of drug-likeness (QED) is 0.874. The Balaban J connectivity index is 0.00000132. The van der Waals surface area contributed by atoms with E-state index < -0.39 is 0 Å². The van der Waals surface area contributed by atoms with Crippen LogP contribution in [0.2, 0.25) is 0 Å². The van der Waals surface area contributed by atoms with Crippen LogP contribution in [-0.2, 0) is 11.2 Å². The molecule has 0 saturated carbocycles. The van der Waals surface area contributed by atoms with Crippen molar-refractivity contribution in [1.29, 1.82) is 0 Å². The maximum absolute atomic E-state index is 12.3. The van der Waals surface area contributed by atoms with Crippen molar-refractivity contribution >= 4 is 47.2 Å². The molecular weight excluding hydrogens is 355 g/mol. The summed E-state index contributed by atoms with van der Waals surface area (Å²) in [6.45, 7) is 4.27. The van der Waals surface area contributed by atoms with Gasteiger partial charge in [0.25, 0.3) is 0 Å². The summed E-state index contributed by atoms with van der Waals surface area (Å²) < 4.78 is 0. The number of thiazole rings is 1. The highest BCUT2D eigenvalue weighted by molar-refractivity contribution is 7.13. The van der Waals surface area contributed by atoms with E-state index in [2.05, 4.69) is 9.88 Å². The number of aromatic nitrogens is 1.